The summed E-state index contributed by atoms with van der Waals surface area (Å²) < 4.78 is 6.85. The number of β-lactam (4-membered cyclic amide) rings is 1. The summed E-state index contributed by atoms with van der Waals surface area (Å²) in [5, 5.41) is 0. The first-order chi connectivity index (χ1) is 7.54. The molecule has 0 aromatic heterocycles. The van der Waals surface area contributed by atoms with Crippen LogP contribution in [0.15, 0.2) is 21.1 Å². The maximum atomic E-state index is 11.5. The first kappa shape index (κ1) is 11.9. The number of rotatable bonds is 2. The third kappa shape index (κ3) is 1.85. The first-order valence-electron chi connectivity index (χ1n) is 4.64. The SMILES string of the molecule is COc1cc(N2CC(N)C2=O)c(Br)cc1Br. The Balaban J connectivity index is 2.38. The van der Waals surface area contributed by atoms with Crippen molar-refractivity contribution in [1.29, 1.82) is 0 Å². The van der Waals surface area contributed by atoms with Gasteiger partial charge in [-0.3, -0.25) is 4.79 Å². The molecule has 1 aliphatic heterocycles. The molecule has 0 radical (unpaired) electrons. The largest absolute Gasteiger partial charge is 0.495 e. The lowest BCUT2D eigenvalue weighted by atomic mass is 10.1. The van der Waals surface area contributed by atoms with Crippen LogP contribution >= 0.6 is 31.9 Å². The number of anilines is 1. The van der Waals surface area contributed by atoms with E-state index in [9.17, 15) is 4.79 Å². The van der Waals surface area contributed by atoms with Crippen LogP contribution in [0.5, 0.6) is 5.75 Å². The normalized spacial score (nSPS) is 19.6. The zero-order valence-electron chi connectivity index (χ0n) is 8.54. The Hall–Kier alpha value is -0.590. The highest BCUT2D eigenvalue weighted by molar-refractivity contribution is 9.11. The molecule has 1 aromatic rings. The standard InChI is InChI=1S/C10H10Br2N2O2/c1-16-9-3-8(5(11)2-6(9)12)14-4-7(13)10(14)15/h2-3,7H,4,13H2,1H3. The zero-order valence-corrected chi connectivity index (χ0v) is 11.7. The number of ether oxygens (including phenoxy) is 1. The zero-order chi connectivity index (χ0) is 11.9. The fourth-order valence-corrected chi connectivity index (χ4v) is 2.92. The van der Waals surface area contributed by atoms with E-state index in [1.807, 2.05) is 6.07 Å². The summed E-state index contributed by atoms with van der Waals surface area (Å²) in [6.45, 7) is 0.544. The fraction of sp³-hybridized carbons (Fsp3) is 0.300. The molecule has 0 bridgehead atoms. The van der Waals surface area contributed by atoms with Crippen molar-refractivity contribution in [2.24, 2.45) is 5.73 Å². The summed E-state index contributed by atoms with van der Waals surface area (Å²) in [6, 6.07) is 3.28. The van der Waals surface area contributed by atoms with Gasteiger partial charge in [-0.1, -0.05) is 0 Å². The van der Waals surface area contributed by atoms with Crippen molar-refractivity contribution in [2.45, 2.75) is 6.04 Å². The maximum absolute atomic E-state index is 11.5. The molecule has 1 atom stereocenters. The van der Waals surface area contributed by atoms with Crippen LogP contribution in [-0.4, -0.2) is 25.6 Å². The van der Waals surface area contributed by atoms with Gasteiger partial charge in [-0.2, -0.15) is 0 Å². The molecule has 16 heavy (non-hydrogen) atoms. The highest BCUT2D eigenvalue weighted by Gasteiger charge is 2.35. The molecule has 1 saturated heterocycles. The molecule has 1 fully saturated rings. The molecule has 1 unspecified atom stereocenters. The molecule has 2 rings (SSSR count). The number of hydrogen-bond donors (Lipinski definition) is 1. The van der Waals surface area contributed by atoms with E-state index in [0.29, 0.717) is 12.3 Å². The van der Waals surface area contributed by atoms with Gasteiger partial charge >= 0.3 is 0 Å². The second-order valence-corrected chi connectivity index (χ2v) is 5.20. The lowest BCUT2D eigenvalue weighted by Crippen LogP contribution is -2.61. The van der Waals surface area contributed by atoms with Crippen molar-refractivity contribution in [3.05, 3.63) is 21.1 Å². The number of nitrogens with two attached hydrogens (primary N) is 1. The lowest BCUT2D eigenvalue weighted by molar-refractivity contribution is -0.123. The molecule has 1 aromatic carbocycles. The third-order valence-electron chi connectivity index (χ3n) is 2.47. The van der Waals surface area contributed by atoms with Gasteiger partial charge in [0.25, 0.3) is 0 Å². The molecular formula is C10H10Br2N2O2. The maximum Gasteiger partial charge on any atom is 0.245 e. The number of halogens is 2. The Labute approximate surface area is 110 Å². The average molecular weight is 350 g/mol. The number of carbonyl (C=O) groups is 1. The van der Waals surface area contributed by atoms with E-state index in [-0.39, 0.29) is 11.9 Å². The molecule has 0 saturated carbocycles. The molecule has 1 amide bonds. The van der Waals surface area contributed by atoms with E-state index < -0.39 is 0 Å². The van der Waals surface area contributed by atoms with Crippen molar-refractivity contribution in [1.82, 2.24) is 0 Å². The van der Waals surface area contributed by atoms with Crippen molar-refractivity contribution in [3.8, 4) is 5.75 Å². The summed E-state index contributed by atoms with van der Waals surface area (Å²) in [7, 11) is 1.58. The van der Waals surface area contributed by atoms with Gasteiger partial charge in [0.1, 0.15) is 11.8 Å². The number of benzene rings is 1. The summed E-state index contributed by atoms with van der Waals surface area (Å²) in [6.07, 6.45) is 0. The number of methoxy groups -OCH3 is 1. The van der Waals surface area contributed by atoms with Gasteiger partial charge in [0.05, 0.1) is 23.8 Å². The minimum Gasteiger partial charge on any atom is -0.495 e. The number of amides is 1. The molecule has 0 spiro atoms. The molecule has 4 nitrogen and oxygen atoms in total. The fourth-order valence-electron chi connectivity index (χ4n) is 1.55. The van der Waals surface area contributed by atoms with Gasteiger partial charge in [-0.05, 0) is 37.9 Å². The van der Waals surface area contributed by atoms with Crippen LogP contribution in [-0.2, 0) is 4.79 Å². The smallest absolute Gasteiger partial charge is 0.245 e. The summed E-state index contributed by atoms with van der Waals surface area (Å²) in [5.74, 6) is 0.622. The van der Waals surface area contributed by atoms with E-state index in [1.54, 1.807) is 18.1 Å². The predicted molar refractivity (Wildman–Crippen MR) is 68.7 cm³/mol. The van der Waals surface area contributed by atoms with Crippen molar-refractivity contribution in [2.75, 3.05) is 18.6 Å². The Morgan fingerprint density at radius 2 is 2.12 bits per heavy atom. The van der Waals surface area contributed by atoms with Crippen LogP contribution in [0, 0.1) is 0 Å². The average Bonchev–Trinajstić information content (AvgIpc) is 2.26. The summed E-state index contributed by atoms with van der Waals surface area (Å²) in [5.41, 5.74) is 6.34. The lowest BCUT2D eigenvalue weighted by Gasteiger charge is -2.36. The van der Waals surface area contributed by atoms with Gasteiger partial charge in [0, 0.05) is 10.5 Å². The molecular weight excluding hydrogens is 340 g/mol. The van der Waals surface area contributed by atoms with E-state index in [2.05, 4.69) is 31.9 Å². The first-order valence-corrected chi connectivity index (χ1v) is 6.23. The van der Waals surface area contributed by atoms with E-state index in [0.717, 1.165) is 14.6 Å². The van der Waals surface area contributed by atoms with E-state index >= 15 is 0 Å². The monoisotopic (exact) mass is 348 g/mol. The van der Waals surface area contributed by atoms with E-state index in [1.165, 1.54) is 0 Å². The number of carbonyl (C=O) groups excluding carboxylic acids is 1. The van der Waals surface area contributed by atoms with Gasteiger partial charge in [0.2, 0.25) is 5.91 Å². The van der Waals surface area contributed by atoms with Gasteiger partial charge in [0.15, 0.2) is 0 Å². The second kappa shape index (κ2) is 4.35. The van der Waals surface area contributed by atoms with Crippen LogP contribution in [0.3, 0.4) is 0 Å². The van der Waals surface area contributed by atoms with Crippen LogP contribution in [0.25, 0.3) is 0 Å². The van der Waals surface area contributed by atoms with Crippen molar-refractivity contribution >= 4 is 43.5 Å². The van der Waals surface area contributed by atoms with Crippen LogP contribution < -0.4 is 15.4 Å². The Kier molecular flexibility index (Phi) is 3.23. The van der Waals surface area contributed by atoms with Gasteiger partial charge in [-0.25, -0.2) is 0 Å². The minimum atomic E-state index is -0.374. The highest BCUT2D eigenvalue weighted by atomic mass is 79.9. The molecule has 0 aliphatic carbocycles. The molecule has 1 aliphatic rings. The predicted octanol–water partition coefficient (Wildman–Crippen LogP) is 1.89. The second-order valence-electron chi connectivity index (χ2n) is 3.49. The van der Waals surface area contributed by atoms with E-state index in [4.69, 9.17) is 10.5 Å². The molecule has 1 heterocycles. The topological polar surface area (TPSA) is 55.6 Å². The Morgan fingerprint density at radius 3 is 2.62 bits per heavy atom. The number of hydrogen-bond acceptors (Lipinski definition) is 3. The molecule has 6 heteroatoms. The quantitative estimate of drug-likeness (QED) is 0.829. The highest BCUT2D eigenvalue weighted by Crippen LogP contribution is 2.38. The third-order valence-corrected chi connectivity index (χ3v) is 3.73. The van der Waals surface area contributed by atoms with Gasteiger partial charge in [-0.15, -0.1) is 0 Å². The Morgan fingerprint density at radius 1 is 1.44 bits per heavy atom. The summed E-state index contributed by atoms with van der Waals surface area (Å²) >= 11 is 6.79. The van der Waals surface area contributed by atoms with Crippen LogP contribution in [0.2, 0.25) is 0 Å². The molecule has 2 N–H and O–H groups in total. The van der Waals surface area contributed by atoms with Crippen LogP contribution in [0.4, 0.5) is 5.69 Å². The minimum absolute atomic E-state index is 0.0647. The number of nitrogens with zero attached hydrogens (tertiary/aromatic N) is 1. The molecule has 86 valence electrons. The Bertz CT molecular complexity index is 451. The van der Waals surface area contributed by atoms with Crippen molar-refractivity contribution < 1.29 is 9.53 Å². The van der Waals surface area contributed by atoms with Crippen LogP contribution in [0.1, 0.15) is 0 Å². The van der Waals surface area contributed by atoms with Gasteiger partial charge < -0.3 is 15.4 Å². The van der Waals surface area contributed by atoms with Crippen molar-refractivity contribution in [3.63, 3.8) is 0 Å². The summed E-state index contributed by atoms with van der Waals surface area (Å²) in [4.78, 5) is 13.2.